The smallest absolute Gasteiger partial charge is 0.154 e. The average molecular weight is 265 g/mol. The van der Waals surface area contributed by atoms with Gasteiger partial charge in [0.2, 0.25) is 0 Å². The molecule has 6 atom stereocenters. The fourth-order valence-electron chi connectivity index (χ4n) is 1.80. The number of ketones is 1. The van der Waals surface area contributed by atoms with Crippen molar-refractivity contribution in [3.63, 3.8) is 0 Å². The van der Waals surface area contributed by atoms with Crippen LogP contribution in [0.3, 0.4) is 0 Å². The van der Waals surface area contributed by atoms with E-state index in [1.54, 1.807) is 0 Å². The molecule has 0 aromatic rings. The monoisotopic (exact) mass is 265 g/mol. The summed E-state index contributed by atoms with van der Waals surface area (Å²) in [5.74, 6) is -0.540. The lowest BCUT2D eigenvalue weighted by Gasteiger charge is -2.40. The van der Waals surface area contributed by atoms with Gasteiger partial charge < -0.3 is 36.0 Å². The number of aliphatic hydroxyl groups excluding tert-OH is 5. The zero-order valence-corrected chi connectivity index (χ0v) is 9.72. The number of Topliss-reactive ketones (excluding diaryl/α,β-unsaturated/α-hetero) is 1. The highest BCUT2D eigenvalue weighted by Crippen LogP contribution is 2.23. The molecular formula is C10H19NO7. The third-order valence-corrected chi connectivity index (χ3v) is 3.00. The van der Waals surface area contributed by atoms with E-state index in [-0.39, 0.29) is 6.42 Å². The Labute approximate surface area is 104 Å². The molecule has 8 heteroatoms. The number of hydrogen-bond donors (Lipinski definition) is 6. The Morgan fingerprint density at radius 1 is 1.11 bits per heavy atom. The first-order chi connectivity index (χ1) is 8.42. The minimum absolute atomic E-state index is 0.316. The van der Waals surface area contributed by atoms with Gasteiger partial charge >= 0.3 is 0 Å². The highest BCUT2D eigenvalue weighted by atomic mass is 16.5. The minimum Gasteiger partial charge on any atom is -0.394 e. The SMILES string of the molecule is N[C@@H](CO)C(=O)C[C@@H]1O[C@H](CO)[C@@H](O)[C@H](O)[C@H]1O. The molecule has 7 N–H and O–H groups in total. The molecule has 1 saturated heterocycles. The molecule has 0 unspecified atom stereocenters. The van der Waals surface area contributed by atoms with Gasteiger partial charge in [-0.2, -0.15) is 0 Å². The lowest BCUT2D eigenvalue weighted by molar-refractivity contribution is -0.229. The Morgan fingerprint density at radius 2 is 1.67 bits per heavy atom. The molecule has 0 aliphatic carbocycles. The van der Waals surface area contributed by atoms with Gasteiger partial charge in [-0.05, 0) is 0 Å². The van der Waals surface area contributed by atoms with Crippen molar-refractivity contribution in [2.45, 2.75) is 43.0 Å². The first-order valence-corrected chi connectivity index (χ1v) is 5.62. The molecule has 0 aromatic heterocycles. The largest absolute Gasteiger partial charge is 0.394 e. The summed E-state index contributed by atoms with van der Waals surface area (Å²) in [5, 5.41) is 46.3. The summed E-state index contributed by atoms with van der Waals surface area (Å²) in [6, 6.07) is -1.09. The molecule has 1 heterocycles. The van der Waals surface area contributed by atoms with Crippen LogP contribution in [0, 0.1) is 0 Å². The number of hydrogen-bond acceptors (Lipinski definition) is 8. The van der Waals surface area contributed by atoms with Gasteiger partial charge in [-0.1, -0.05) is 0 Å². The molecule has 106 valence electrons. The van der Waals surface area contributed by atoms with Gasteiger partial charge in [0.25, 0.3) is 0 Å². The van der Waals surface area contributed by atoms with E-state index in [4.69, 9.17) is 20.7 Å². The van der Waals surface area contributed by atoms with E-state index in [2.05, 4.69) is 0 Å². The van der Waals surface area contributed by atoms with E-state index >= 15 is 0 Å². The van der Waals surface area contributed by atoms with Gasteiger partial charge in [0, 0.05) is 6.42 Å². The molecule has 0 radical (unpaired) electrons. The Balaban J connectivity index is 2.67. The average Bonchev–Trinajstić information content (AvgIpc) is 2.38. The number of rotatable bonds is 5. The summed E-state index contributed by atoms with van der Waals surface area (Å²) in [6.45, 7) is -1.09. The summed E-state index contributed by atoms with van der Waals surface area (Å²) in [5.41, 5.74) is 5.31. The first kappa shape index (κ1) is 15.4. The van der Waals surface area contributed by atoms with Crippen LogP contribution >= 0.6 is 0 Å². The standard InChI is InChI=1S/C10H19NO7/c11-4(2-12)5(14)1-6-8(15)10(17)9(16)7(3-13)18-6/h4,6-10,12-13,15-17H,1-3,11H2/t4-,6-,7+,8-,9+,10+/m0/s1. The number of carbonyl (C=O) groups excluding carboxylic acids is 1. The summed E-state index contributed by atoms with van der Waals surface area (Å²) in [4.78, 5) is 11.5. The first-order valence-electron chi connectivity index (χ1n) is 5.62. The topological polar surface area (TPSA) is 153 Å². The highest BCUT2D eigenvalue weighted by Gasteiger charge is 2.44. The Kier molecular flexibility index (Phi) is 5.60. The number of nitrogens with two attached hydrogens (primary N) is 1. The number of ether oxygens (including phenoxy) is 1. The third-order valence-electron chi connectivity index (χ3n) is 3.00. The molecule has 1 fully saturated rings. The molecule has 0 spiro atoms. The van der Waals surface area contributed by atoms with Crippen LogP contribution < -0.4 is 5.73 Å². The van der Waals surface area contributed by atoms with Crippen LogP contribution in [0.4, 0.5) is 0 Å². The van der Waals surface area contributed by atoms with E-state index in [1.165, 1.54) is 0 Å². The van der Waals surface area contributed by atoms with Gasteiger partial charge in [-0.25, -0.2) is 0 Å². The van der Waals surface area contributed by atoms with E-state index in [1.807, 2.05) is 0 Å². The Morgan fingerprint density at radius 3 is 2.17 bits per heavy atom. The molecule has 0 saturated carbocycles. The maximum atomic E-state index is 11.5. The summed E-state index contributed by atoms with van der Waals surface area (Å²) in [7, 11) is 0. The van der Waals surface area contributed by atoms with Crippen molar-refractivity contribution < 1.29 is 35.1 Å². The van der Waals surface area contributed by atoms with Crippen LogP contribution in [0.15, 0.2) is 0 Å². The van der Waals surface area contributed by atoms with Gasteiger partial charge in [0.05, 0.1) is 25.4 Å². The van der Waals surface area contributed by atoms with Crippen molar-refractivity contribution in [1.29, 1.82) is 0 Å². The van der Waals surface area contributed by atoms with Gasteiger partial charge in [0.1, 0.15) is 24.4 Å². The van der Waals surface area contributed by atoms with Gasteiger partial charge in [0.15, 0.2) is 5.78 Å². The summed E-state index contributed by atoms with van der Waals surface area (Å²) < 4.78 is 5.13. The quantitative estimate of drug-likeness (QED) is 0.295. The second-order valence-corrected chi connectivity index (χ2v) is 4.33. The van der Waals surface area contributed by atoms with Crippen LogP contribution in [0.2, 0.25) is 0 Å². The number of aliphatic hydroxyl groups is 5. The molecule has 8 nitrogen and oxygen atoms in total. The Bertz CT molecular complexity index is 285. The van der Waals surface area contributed by atoms with Crippen LogP contribution in [0.25, 0.3) is 0 Å². The molecular weight excluding hydrogens is 246 g/mol. The van der Waals surface area contributed by atoms with Crippen LogP contribution in [0.1, 0.15) is 6.42 Å². The minimum atomic E-state index is -1.51. The Hall–Kier alpha value is -0.610. The fourth-order valence-corrected chi connectivity index (χ4v) is 1.80. The van der Waals surface area contributed by atoms with Crippen molar-refractivity contribution >= 4 is 5.78 Å². The summed E-state index contributed by atoms with van der Waals surface area (Å²) >= 11 is 0. The van der Waals surface area contributed by atoms with Crippen LogP contribution in [0.5, 0.6) is 0 Å². The van der Waals surface area contributed by atoms with E-state index in [0.717, 1.165) is 0 Å². The van der Waals surface area contributed by atoms with E-state index in [0.29, 0.717) is 0 Å². The third kappa shape index (κ3) is 3.23. The normalized spacial score (nSPS) is 38.4. The van der Waals surface area contributed by atoms with Crippen molar-refractivity contribution in [2.75, 3.05) is 13.2 Å². The zero-order chi connectivity index (χ0) is 13.9. The van der Waals surface area contributed by atoms with E-state index in [9.17, 15) is 20.1 Å². The lowest BCUT2D eigenvalue weighted by atomic mass is 9.91. The predicted octanol–water partition coefficient (Wildman–Crippen LogP) is -3.89. The van der Waals surface area contributed by atoms with Crippen LogP contribution in [-0.2, 0) is 9.53 Å². The molecule has 0 amide bonds. The second kappa shape index (κ2) is 6.53. The van der Waals surface area contributed by atoms with Gasteiger partial charge in [-0.3, -0.25) is 4.79 Å². The van der Waals surface area contributed by atoms with Crippen molar-refractivity contribution in [3.8, 4) is 0 Å². The molecule has 1 rings (SSSR count). The maximum Gasteiger partial charge on any atom is 0.154 e. The van der Waals surface area contributed by atoms with E-state index < -0.39 is 55.6 Å². The second-order valence-electron chi connectivity index (χ2n) is 4.33. The van der Waals surface area contributed by atoms with Crippen molar-refractivity contribution in [1.82, 2.24) is 0 Å². The molecule has 1 aliphatic heterocycles. The molecule has 0 bridgehead atoms. The predicted molar refractivity (Wildman–Crippen MR) is 58.5 cm³/mol. The summed E-state index contributed by atoms with van der Waals surface area (Å²) in [6.07, 6.45) is -6.87. The maximum absolute atomic E-state index is 11.5. The molecule has 18 heavy (non-hydrogen) atoms. The fraction of sp³-hybridized carbons (Fsp3) is 0.900. The molecule has 0 aromatic carbocycles. The number of carbonyl (C=O) groups is 1. The van der Waals surface area contributed by atoms with Gasteiger partial charge in [-0.15, -0.1) is 0 Å². The van der Waals surface area contributed by atoms with Crippen molar-refractivity contribution in [2.24, 2.45) is 5.73 Å². The highest BCUT2D eigenvalue weighted by molar-refractivity contribution is 5.84. The molecule has 1 aliphatic rings. The lowest BCUT2D eigenvalue weighted by Crippen LogP contribution is -2.59. The zero-order valence-electron chi connectivity index (χ0n) is 9.72. The van der Waals surface area contributed by atoms with Crippen molar-refractivity contribution in [3.05, 3.63) is 0 Å². The van der Waals surface area contributed by atoms with Crippen LogP contribution in [-0.4, -0.2) is 81.1 Å².